The highest BCUT2D eigenvalue weighted by molar-refractivity contribution is 5.60. The van der Waals surface area contributed by atoms with Gasteiger partial charge in [0.15, 0.2) is 0 Å². The molecule has 2 unspecified atom stereocenters. The first-order chi connectivity index (χ1) is 9.15. The molecule has 1 aliphatic carbocycles. The summed E-state index contributed by atoms with van der Waals surface area (Å²) in [5.74, 6) is 2.09. The van der Waals surface area contributed by atoms with Crippen molar-refractivity contribution in [2.45, 2.75) is 39.2 Å². The molecular formula is C16H22N2O. The van der Waals surface area contributed by atoms with E-state index in [1.807, 2.05) is 12.1 Å². The van der Waals surface area contributed by atoms with Crippen molar-refractivity contribution < 1.29 is 4.74 Å². The number of rotatable bonds is 3. The van der Waals surface area contributed by atoms with Gasteiger partial charge in [-0.25, -0.2) is 0 Å². The minimum atomic E-state index is 0.482. The standard InChI is InChI=1S/C16H22N2O/c1-11-5-4-6-12(2)16(11)18-14-8-7-13(10-17)9-15(14)19-3/h7-9,11-12,16,18H,4-6H2,1-3H3. The maximum atomic E-state index is 8.93. The predicted octanol–water partition coefficient (Wildman–Crippen LogP) is 3.80. The lowest BCUT2D eigenvalue weighted by molar-refractivity contribution is 0.267. The van der Waals surface area contributed by atoms with Crippen molar-refractivity contribution in [3.63, 3.8) is 0 Å². The molecule has 19 heavy (non-hydrogen) atoms. The van der Waals surface area contributed by atoms with Crippen LogP contribution < -0.4 is 10.1 Å². The molecule has 1 aromatic carbocycles. The molecule has 1 fully saturated rings. The van der Waals surface area contributed by atoms with Crippen LogP contribution in [0.1, 0.15) is 38.7 Å². The first kappa shape index (κ1) is 13.7. The molecule has 1 aromatic rings. The van der Waals surface area contributed by atoms with E-state index in [-0.39, 0.29) is 0 Å². The summed E-state index contributed by atoms with van der Waals surface area (Å²) in [6.45, 7) is 4.62. The summed E-state index contributed by atoms with van der Waals surface area (Å²) in [6, 6.07) is 8.20. The van der Waals surface area contributed by atoms with Crippen molar-refractivity contribution in [3.05, 3.63) is 23.8 Å². The molecule has 0 aliphatic heterocycles. The topological polar surface area (TPSA) is 45.0 Å². The maximum Gasteiger partial charge on any atom is 0.143 e. The Morgan fingerprint density at radius 2 is 1.95 bits per heavy atom. The number of nitriles is 1. The summed E-state index contributed by atoms with van der Waals surface area (Å²) in [7, 11) is 1.65. The van der Waals surface area contributed by atoms with E-state index in [1.165, 1.54) is 19.3 Å². The van der Waals surface area contributed by atoms with Gasteiger partial charge in [-0.05, 0) is 36.8 Å². The van der Waals surface area contributed by atoms with Crippen LogP contribution in [-0.4, -0.2) is 13.2 Å². The first-order valence-electron chi connectivity index (χ1n) is 7.00. The third kappa shape index (κ3) is 3.01. The minimum Gasteiger partial charge on any atom is -0.495 e. The molecular weight excluding hydrogens is 236 g/mol. The van der Waals surface area contributed by atoms with E-state index in [1.54, 1.807) is 13.2 Å². The second-order valence-electron chi connectivity index (χ2n) is 5.58. The molecule has 1 saturated carbocycles. The fraction of sp³-hybridized carbons (Fsp3) is 0.562. The highest BCUT2D eigenvalue weighted by atomic mass is 16.5. The molecule has 0 saturated heterocycles. The normalized spacial score (nSPS) is 26.5. The zero-order valence-electron chi connectivity index (χ0n) is 11.9. The molecule has 102 valence electrons. The van der Waals surface area contributed by atoms with Crippen molar-refractivity contribution in [2.24, 2.45) is 11.8 Å². The van der Waals surface area contributed by atoms with Gasteiger partial charge in [0, 0.05) is 12.1 Å². The summed E-state index contributed by atoms with van der Waals surface area (Å²) < 4.78 is 5.39. The highest BCUT2D eigenvalue weighted by Gasteiger charge is 2.28. The number of benzene rings is 1. The summed E-state index contributed by atoms with van der Waals surface area (Å²) in [4.78, 5) is 0. The number of hydrogen-bond acceptors (Lipinski definition) is 3. The van der Waals surface area contributed by atoms with Crippen molar-refractivity contribution in [1.82, 2.24) is 0 Å². The van der Waals surface area contributed by atoms with Crippen molar-refractivity contribution in [1.29, 1.82) is 5.26 Å². The Hall–Kier alpha value is -1.69. The molecule has 1 aliphatic rings. The summed E-state index contributed by atoms with van der Waals surface area (Å²) in [6.07, 6.45) is 3.88. The van der Waals surface area contributed by atoms with Crippen LogP contribution in [0.4, 0.5) is 5.69 Å². The third-order valence-electron chi connectivity index (χ3n) is 4.20. The molecule has 0 spiro atoms. The highest BCUT2D eigenvalue weighted by Crippen LogP contribution is 2.34. The lowest BCUT2D eigenvalue weighted by Crippen LogP contribution is -2.37. The third-order valence-corrected chi connectivity index (χ3v) is 4.20. The monoisotopic (exact) mass is 258 g/mol. The number of nitrogens with zero attached hydrogens (tertiary/aromatic N) is 1. The Labute approximate surface area is 115 Å². The fourth-order valence-corrected chi connectivity index (χ4v) is 3.03. The largest absolute Gasteiger partial charge is 0.495 e. The van der Waals surface area contributed by atoms with E-state index in [9.17, 15) is 0 Å². The second-order valence-corrected chi connectivity index (χ2v) is 5.58. The van der Waals surface area contributed by atoms with Gasteiger partial charge in [-0.15, -0.1) is 0 Å². The van der Waals surface area contributed by atoms with Gasteiger partial charge in [0.05, 0.1) is 24.4 Å². The molecule has 0 aromatic heterocycles. The van der Waals surface area contributed by atoms with Crippen LogP contribution in [0.2, 0.25) is 0 Å². The second kappa shape index (κ2) is 5.97. The maximum absolute atomic E-state index is 8.93. The molecule has 0 amide bonds. The first-order valence-corrected chi connectivity index (χ1v) is 7.00. The molecule has 3 nitrogen and oxygen atoms in total. The Morgan fingerprint density at radius 3 is 2.53 bits per heavy atom. The van der Waals surface area contributed by atoms with Crippen molar-refractivity contribution >= 4 is 5.69 Å². The van der Waals surface area contributed by atoms with Crippen LogP contribution >= 0.6 is 0 Å². The van der Waals surface area contributed by atoms with E-state index in [4.69, 9.17) is 10.00 Å². The quantitative estimate of drug-likeness (QED) is 0.896. The Balaban J connectivity index is 2.20. The molecule has 2 atom stereocenters. The van der Waals surface area contributed by atoms with E-state index < -0.39 is 0 Å². The van der Waals surface area contributed by atoms with Crippen LogP contribution in [0, 0.1) is 23.2 Å². The van der Waals surface area contributed by atoms with Gasteiger partial charge < -0.3 is 10.1 Å². The van der Waals surface area contributed by atoms with Crippen LogP contribution in [-0.2, 0) is 0 Å². The van der Waals surface area contributed by atoms with E-state index in [0.29, 0.717) is 23.4 Å². The van der Waals surface area contributed by atoms with Gasteiger partial charge in [-0.2, -0.15) is 5.26 Å². The molecule has 2 rings (SSSR count). The summed E-state index contributed by atoms with van der Waals surface area (Å²) in [5, 5.41) is 12.5. The zero-order valence-corrected chi connectivity index (χ0v) is 11.9. The molecule has 0 radical (unpaired) electrons. The van der Waals surface area contributed by atoms with Gasteiger partial charge >= 0.3 is 0 Å². The van der Waals surface area contributed by atoms with Crippen LogP contribution in [0.3, 0.4) is 0 Å². The molecule has 3 heteroatoms. The van der Waals surface area contributed by atoms with Crippen LogP contribution in [0.15, 0.2) is 18.2 Å². The lowest BCUT2D eigenvalue weighted by Gasteiger charge is -2.36. The van der Waals surface area contributed by atoms with Crippen LogP contribution in [0.5, 0.6) is 5.75 Å². The van der Waals surface area contributed by atoms with Crippen molar-refractivity contribution in [2.75, 3.05) is 12.4 Å². The predicted molar refractivity (Wildman–Crippen MR) is 77.3 cm³/mol. The van der Waals surface area contributed by atoms with Gasteiger partial charge in [-0.1, -0.05) is 20.3 Å². The minimum absolute atomic E-state index is 0.482. The van der Waals surface area contributed by atoms with E-state index in [0.717, 1.165) is 11.4 Å². The summed E-state index contributed by atoms with van der Waals surface area (Å²) >= 11 is 0. The lowest BCUT2D eigenvalue weighted by atomic mass is 9.78. The smallest absolute Gasteiger partial charge is 0.143 e. The van der Waals surface area contributed by atoms with Gasteiger partial charge in [-0.3, -0.25) is 0 Å². The Bertz CT molecular complexity index is 468. The van der Waals surface area contributed by atoms with Crippen LogP contribution in [0.25, 0.3) is 0 Å². The van der Waals surface area contributed by atoms with Gasteiger partial charge in [0.1, 0.15) is 5.75 Å². The van der Waals surface area contributed by atoms with Gasteiger partial charge in [0.2, 0.25) is 0 Å². The Morgan fingerprint density at radius 1 is 1.26 bits per heavy atom. The SMILES string of the molecule is COc1cc(C#N)ccc1NC1C(C)CCCC1C. The number of nitrogens with one attached hydrogen (secondary N) is 1. The number of methoxy groups -OCH3 is 1. The average molecular weight is 258 g/mol. The molecule has 0 bridgehead atoms. The van der Waals surface area contributed by atoms with Gasteiger partial charge in [0.25, 0.3) is 0 Å². The van der Waals surface area contributed by atoms with Crippen molar-refractivity contribution in [3.8, 4) is 11.8 Å². The molecule has 0 heterocycles. The number of anilines is 1. The molecule has 1 N–H and O–H groups in total. The van der Waals surface area contributed by atoms with E-state index in [2.05, 4.69) is 25.2 Å². The average Bonchev–Trinajstić information content (AvgIpc) is 2.43. The Kier molecular flexibility index (Phi) is 4.31. The van der Waals surface area contributed by atoms with E-state index >= 15 is 0 Å². The fourth-order valence-electron chi connectivity index (χ4n) is 3.03. The number of ether oxygens (including phenoxy) is 1. The zero-order chi connectivity index (χ0) is 13.8. The summed E-state index contributed by atoms with van der Waals surface area (Å²) in [5.41, 5.74) is 1.62. The number of hydrogen-bond donors (Lipinski definition) is 1.